The maximum absolute atomic E-state index is 12.5. The van der Waals surface area contributed by atoms with Gasteiger partial charge in [-0.05, 0) is 68.6 Å². The molecule has 5 aliphatic carbocycles. The topological polar surface area (TPSA) is 52.6 Å². The molecule has 0 heterocycles. The lowest BCUT2D eigenvalue weighted by Gasteiger charge is -2.60. The first-order valence-corrected chi connectivity index (χ1v) is 9.23. The molecule has 5 fully saturated rings. The van der Waals surface area contributed by atoms with Crippen molar-refractivity contribution in [2.75, 3.05) is 19.7 Å². The molecule has 0 aromatic rings. The van der Waals surface area contributed by atoms with Crippen molar-refractivity contribution in [2.24, 2.45) is 17.3 Å². The number of hydrogen-bond donors (Lipinski definition) is 2. The molecule has 0 aromatic heterocycles. The lowest BCUT2D eigenvalue weighted by atomic mass is 9.49. The summed E-state index contributed by atoms with van der Waals surface area (Å²) in [6.07, 6.45) is 9.41. The number of aliphatic hydroxyl groups excluding tert-OH is 1. The van der Waals surface area contributed by atoms with Gasteiger partial charge < -0.3 is 15.3 Å². The van der Waals surface area contributed by atoms with E-state index in [4.69, 9.17) is 16.7 Å². The molecule has 0 saturated heterocycles. The van der Waals surface area contributed by atoms with Crippen LogP contribution in [0, 0.1) is 17.3 Å². The van der Waals surface area contributed by atoms with Crippen LogP contribution in [-0.4, -0.2) is 46.6 Å². The van der Waals surface area contributed by atoms with Crippen LogP contribution in [0.25, 0.3) is 0 Å². The number of hydrogen-bond acceptors (Lipinski definition) is 2. The molecule has 5 saturated carbocycles. The van der Waals surface area contributed by atoms with Crippen LogP contribution in [0.15, 0.2) is 0 Å². The molecule has 2 amide bonds. The Kier molecular flexibility index (Phi) is 3.61. The Morgan fingerprint density at radius 2 is 1.91 bits per heavy atom. The number of nitrogens with zero attached hydrogens (tertiary/aromatic N) is 1. The van der Waals surface area contributed by atoms with E-state index >= 15 is 0 Å². The molecule has 5 heteroatoms. The minimum atomic E-state index is 0.0100. The Morgan fingerprint density at radius 1 is 1.23 bits per heavy atom. The van der Waals surface area contributed by atoms with E-state index in [1.165, 1.54) is 32.1 Å². The van der Waals surface area contributed by atoms with Crippen LogP contribution in [0.5, 0.6) is 0 Å². The number of rotatable bonds is 5. The third-order valence-corrected chi connectivity index (χ3v) is 6.76. The van der Waals surface area contributed by atoms with Gasteiger partial charge in [-0.1, -0.05) is 0 Å². The molecule has 2 N–H and O–H groups in total. The molecule has 124 valence electrons. The number of carbonyl (C=O) groups excluding carboxylic acids is 1. The van der Waals surface area contributed by atoms with Crippen LogP contribution in [0.4, 0.5) is 4.79 Å². The summed E-state index contributed by atoms with van der Waals surface area (Å²) >= 11 is 6.85. The number of amides is 2. The van der Waals surface area contributed by atoms with Gasteiger partial charge in [0.25, 0.3) is 0 Å². The second-order valence-corrected chi connectivity index (χ2v) is 9.22. The molecule has 0 aromatic carbocycles. The average Bonchev–Trinajstić information content (AvgIpc) is 3.24. The van der Waals surface area contributed by atoms with Gasteiger partial charge in [-0.25, -0.2) is 4.79 Å². The standard InChI is InChI=1S/C17H27ClN2O2/c18-17-8-12-5-13(9-17)7-16(6-12,10-17)11-19-15(22)20(3-4-21)14-1-2-14/h12-14,21H,1-11H2,(H,19,22). The monoisotopic (exact) mass is 326 g/mol. The largest absolute Gasteiger partial charge is 0.395 e. The third-order valence-electron chi connectivity index (χ3n) is 6.31. The maximum Gasteiger partial charge on any atom is 0.317 e. The summed E-state index contributed by atoms with van der Waals surface area (Å²) < 4.78 is 0. The van der Waals surface area contributed by atoms with E-state index in [0.717, 1.165) is 37.6 Å². The van der Waals surface area contributed by atoms with Crippen LogP contribution >= 0.6 is 11.6 Å². The number of urea groups is 1. The zero-order valence-corrected chi connectivity index (χ0v) is 13.9. The predicted octanol–water partition coefficient (Wildman–Crippen LogP) is 2.73. The van der Waals surface area contributed by atoms with E-state index in [1.807, 2.05) is 4.90 Å². The third kappa shape index (κ3) is 2.73. The summed E-state index contributed by atoms with van der Waals surface area (Å²) in [5.74, 6) is 1.54. The SMILES string of the molecule is O=C(NCC12CC3CC(CC(Cl)(C3)C1)C2)N(CCO)C1CC1. The van der Waals surface area contributed by atoms with Crippen molar-refractivity contribution in [1.82, 2.24) is 10.2 Å². The van der Waals surface area contributed by atoms with Crippen molar-refractivity contribution < 1.29 is 9.90 Å². The van der Waals surface area contributed by atoms with Crippen LogP contribution in [0.3, 0.4) is 0 Å². The fraction of sp³-hybridized carbons (Fsp3) is 0.941. The number of aliphatic hydroxyl groups is 1. The molecule has 2 atom stereocenters. The van der Waals surface area contributed by atoms with E-state index < -0.39 is 0 Å². The Bertz CT molecular complexity index is 452. The average molecular weight is 327 g/mol. The molecule has 2 unspecified atom stereocenters. The molecule has 0 aliphatic heterocycles. The molecule has 0 spiro atoms. The van der Waals surface area contributed by atoms with E-state index in [0.29, 0.717) is 12.6 Å². The molecule has 0 radical (unpaired) electrons. The lowest BCUT2D eigenvalue weighted by molar-refractivity contribution is -0.0378. The van der Waals surface area contributed by atoms with Gasteiger partial charge in [-0.15, -0.1) is 11.6 Å². The molecule has 5 aliphatic rings. The Hall–Kier alpha value is -0.480. The van der Waals surface area contributed by atoms with Gasteiger partial charge in [0.15, 0.2) is 0 Å². The number of alkyl halides is 1. The second-order valence-electron chi connectivity index (χ2n) is 8.42. The van der Waals surface area contributed by atoms with E-state index in [2.05, 4.69) is 5.32 Å². The highest BCUT2D eigenvalue weighted by Gasteiger charge is 2.57. The summed E-state index contributed by atoms with van der Waals surface area (Å²) in [6.45, 7) is 1.26. The fourth-order valence-corrected chi connectivity index (χ4v) is 6.57. The highest BCUT2D eigenvalue weighted by atomic mass is 35.5. The van der Waals surface area contributed by atoms with Gasteiger partial charge >= 0.3 is 6.03 Å². The Labute approximate surface area is 137 Å². The number of nitrogens with one attached hydrogen (secondary N) is 1. The minimum Gasteiger partial charge on any atom is -0.395 e. The van der Waals surface area contributed by atoms with Gasteiger partial charge in [-0.2, -0.15) is 0 Å². The number of carbonyl (C=O) groups is 1. The van der Waals surface area contributed by atoms with E-state index in [9.17, 15) is 4.79 Å². The Morgan fingerprint density at radius 3 is 2.45 bits per heavy atom. The van der Waals surface area contributed by atoms with E-state index in [1.54, 1.807) is 0 Å². The highest BCUT2D eigenvalue weighted by molar-refractivity contribution is 6.24. The predicted molar refractivity (Wildman–Crippen MR) is 85.9 cm³/mol. The van der Waals surface area contributed by atoms with Crippen LogP contribution in [-0.2, 0) is 0 Å². The summed E-state index contributed by atoms with van der Waals surface area (Å²) in [5.41, 5.74) is 0.232. The van der Waals surface area contributed by atoms with Crippen LogP contribution < -0.4 is 5.32 Å². The summed E-state index contributed by atoms with van der Waals surface area (Å²) in [7, 11) is 0. The van der Waals surface area contributed by atoms with Crippen LogP contribution in [0.2, 0.25) is 0 Å². The normalized spacial score (nSPS) is 42.5. The molecular weight excluding hydrogens is 300 g/mol. The van der Waals surface area contributed by atoms with Gasteiger partial charge in [-0.3, -0.25) is 0 Å². The second kappa shape index (κ2) is 5.27. The first-order valence-electron chi connectivity index (χ1n) is 8.85. The highest BCUT2D eigenvalue weighted by Crippen LogP contribution is 2.63. The zero-order chi connectivity index (χ0) is 15.4. The van der Waals surface area contributed by atoms with Crippen molar-refractivity contribution in [3.63, 3.8) is 0 Å². The van der Waals surface area contributed by atoms with Gasteiger partial charge in [0, 0.05) is 24.0 Å². The fourth-order valence-electron chi connectivity index (χ4n) is 5.85. The first kappa shape index (κ1) is 15.1. The zero-order valence-electron chi connectivity index (χ0n) is 13.2. The Balaban J connectivity index is 1.40. The number of halogens is 1. The minimum absolute atomic E-state index is 0.0100. The summed E-state index contributed by atoms with van der Waals surface area (Å²) in [5, 5.41) is 12.3. The molecule has 4 bridgehead atoms. The quantitative estimate of drug-likeness (QED) is 0.763. The van der Waals surface area contributed by atoms with Crippen molar-refractivity contribution in [1.29, 1.82) is 0 Å². The van der Waals surface area contributed by atoms with Crippen molar-refractivity contribution in [3.05, 3.63) is 0 Å². The smallest absolute Gasteiger partial charge is 0.317 e. The van der Waals surface area contributed by atoms with Crippen molar-refractivity contribution in [2.45, 2.75) is 62.3 Å². The van der Waals surface area contributed by atoms with Gasteiger partial charge in [0.2, 0.25) is 0 Å². The van der Waals surface area contributed by atoms with Crippen molar-refractivity contribution >= 4 is 17.6 Å². The molecular formula is C17H27ClN2O2. The molecule has 5 rings (SSSR count). The van der Waals surface area contributed by atoms with Crippen molar-refractivity contribution in [3.8, 4) is 0 Å². The molecule has 4 nitrogen and oxygen atoms in total. The molecule has 22 heavy (non-hydrogen) atoms. The van der Waals surface area contributed by atoms with E-state index in [-0.39, 0.29) is 22.9 Å². The first-order chi connectivity index (χ1) is 10.5. The van der Waals surface area contributed by atoms with Crippen LogP contribution in [0.1, 0.15) is 51.4 Å². The maximum atomic E-state index is 12.5. The van der Waals surface area contributed by atoms with Gasteiger partial charge in [0.05, 0.1) is 6.61 Å². The lowest BCUT2D eigenvalue weighted by Crippen LogP contribution is -2.57. The summed E-state index contributed by atoms with van der Waals surface area (Å²) in [4.78, 5) is 14.3. The van der Waals surface area contributed by atoms with Gasteiger partial charge in [0.1, 0.15) is 0 Å². The summed E-state index contributed by atoms with van der Waals surface area (Å²) in [6, 6.07) is 0.360.